The zero-order chi connectivity index (χ0) is 17.0. The number of amides is 1. The minimum absolute atomic E-state index is 0.118. The largest absolute Gasteiger partial charge is 0.356 e. The van der Waals surface area contributed by atoms with Crippen molar-refractivity contribution in [3.8, 4) is 0 Å². The summed E-state index contributed by atoms with van der Waals surface area (Å²) in [7, 11) is 0. The maximum atomic E-state index is 12.4. The molecule has 0 aliphatic rings. The van der Waals surface area contributed by atoms with E-state index in [1.54, 1.807) is 0 Å². The maximum absolute atomic E-state index is 12.4. The van der Waals surface area contributed by atoms with Crippen molar-refractivity contribution >= 4 is 5.91 Å². The molecule has 2 aromatic carbocycles. The molecule has 0 saturated heterocycles. The summed E-state index contributed by atoms with van der Waals surface area (Å²) in [5, 5.41) is 3.09. The number of unbranched alkanes of at least 4 members (excludes halogenated alkanes) is 4. The second-order valence-corrected chi connectivity index (χ2v) is 6.34. The fraction of sp³-hybridized carbons (Fsp3) is 0.409. The second kappa shape index (κ2) is 10.6. The van der Waals surface area contributed by atoms with Crippen LogP contribution in [0.15, 0.2) is 60.7 Å². The molecular weight excluding hydrogens is 294 g/mol. The summed E-state index contributed by atoms with van der Waals surface area (Å²) in [6, 6.07) is 20.6. The molecule has 128 valence electrons. The van der Waals surface area contributed by atoms with Gasteiger partial charge in [0.1, 0.15) is 0 Å². The van der Waals surface area contributed by atoms with Crippen LogP contribution in [0, 0.1) is 0 Å². The minimum atomic E-state index is 0.118. The summed E-state index contributed by atoms with van der Waals surface area (Å²) in [5.74, 6) is 0.260. The molecule has 0 radical (unpaired) electrons. The van der Waals surface area contributed by atoms with E-state index in [1.807, 2.05) is 36.4 Å². The van der Waals surface area contributed by atoms with E-state index in [-0.39, 0.29) is 11.8 Å². The highest BCUT2D eigenvalue weighted by Crippen LogP contribution is 2.27. The molecule has 0 fully saturated rings. The first kappa shape index (κ1) is 18.3. The fourth-order valence-electron chi connectivity index (χ4n) is 3.01. The Kier molecular flexibility index (Phi) is 8.09. The molecule has 24 heavy (non-hydrogen) atoms. The van der Waals surface area contributed by atoms with Crippen molar-refractivity contribution in [2.75, 3.05) is 6.54 Å². The predicted octanol–water partition coefficient (Wildman–Crippen LogP) is 5.30. The zero-order valence-electron chi connectivity index (χ0n) is 14.7. The summed E-state index contributed by atoms with van der Waals surface area (Å²) in [4.78, 5) is 12.4. The summed E-state index contributed by atoms with van der Waals surface area (Å²) in [6.07, 6.45) is 6.59. The minimum Gasteiger partial charge on any atom is -0.356 e. The van der Waals surface area contributed by atoms with Crippen LogP contribution in [0.2, 0.25) is 0 Å². The Morgan fingerprint density at radius 3 is 1.92 bits per heavy atom. The highest BCUT2D eigenvalue weighted by atomic mass is 16.1. The van der Waals surface area contributed by atoms with Crippen molar-refractivity contribution in [1.29, 1.82) is 0 Å². The van der Waals surface area contributed by atoms with E-state index >= 15 is 0 Å². The summed E-state index contributed by atoms with van der Waals surface area (Å²) < 4.78 is 0. The molecule has 0 atom stereocenters. The topological polar surface area (TPSA) is 29.1 Å². The van der Waals surface area contributed by atoms with Gasteiger partial charge in [0.25, 0.3) is 0 Å². The molecule has 0 aliphatic heterocycles. The molecule has 0 heterocycles. The molecule has 0 aliphatic carbocycles. The predicted molar refractivity (Wildman–Crippen MR) is 101 cm³/mol. The van der Waals surface area contributed by atoms with Crippen LogP contribution in [0.1, 0.15) is 62.5 Å². The van der Waals surface area contributed by atoms with Gasteiger partial charge in [-0.15, -0.1) is 0 Å². The van der Waals surface area contributed by atoms with Crippen molar-refractivity contribution in [3.63, 3.8) is 0 Å². The van der Waals surface area contributed by atoms with Gasteiger partial charge in [-0.05, 0) is 17.5 Å². The van der Waals surface area contributed by atoms with Gasteiger partial charge < -0.3 is 5.32 Å². The Balaban J connectivity index is 1.90. The number of benzene rings is 2. The number of rotatable bonds is 10. The smallest absolute Gasteiger partial charge is 0.220 e. The van der Waals surface area contributed by atoms with Crippen LogP contribution in [0.3, 0.4) is 0 Å². The van der Waals surface area contributed by atoms with E-state index in [9.17, 15) is 4.79 Å². The molecule has 1 N–H and O–H groups in total. The lowest BCUT2D eigenvalue weighted by molar-refractivity contribution is -0.121. The maximum Gasteiger partial charge on any atom is 0.220 e. The van der Waals surface area contributed by atoms with Crippen molar-refractivity contribution < 1.29 is 4.79 Å². The Bertz CT molecular complexity index is 540. The van der Waals surface area contributed by atoms with Crippen LogP contribution in [0.4, 0.5) is 0 Å². The number of hydrogen-bond acceptors (Lipinski definition) is 1. The molecule has 0 spiro atoms. The first-order valence-corrected chi connectivity index (χ1v) is 9.18. The molecule has 2 aromatic rings. The monoisotopic (exact) mass is 323 g/mol. The molecule has 2 nitrogen and oxygen atoms in total. The Hall–Kier alpha value is -2.09. The van der Waals surface area contributed by atoms with Crippen LogP contribution in [-0.4, -0.2) is 12.5 Å². The average molecular weight is 323 g/mol. The van der Waals surface area contributed by atoms with E-state index in [0.717, 1.165) is 13.0 Å². The van der Waals surface area contributed by atoms with Crippen LogP contribution < -0.4 is 5.32 Å². The van der Waals surface area contributed by atoms with Crippen LogP contribution >= 0.6 is 0 Å². The lowest BCUT2D eigenvalue weighted by atomic mass is 9.88. The van der Waals surface area contributed by atoms with Crippen molar-refractivity contribution in [3.05, 3.63) is 71.8 Å². The lowest BCUT2D eigenvalue weighted by Crippen LogP contribution is -2.26. The van der Waals surface area contributed by atoms with Crippen molar-refractivity contribution in [2.24, 2.45) is 0 Å². The van der Waals surface area contributed by atoms with E-state index in [1.165, 1.54) is 36.8 Å². The zero-order valence-corrected chi connectivity index (χ0v) is 14.7. The molecule has 1 amide bonds. The van der Waals surface area contributed by atoms with E-state index < -0.39 is 0 Å². The molecule has 0 unspecified atom stereocenters. The van der Waals surface area contributed by atoms with Crippen LogP contribution in [0.5, 0.6) is 0 Å². The van der Waals surface area contributed by atoms with Gasteiger partial charge in [0.15, 0.2) is 0 Å². The van der Waals surface area contributed by atoms with Crippen molar-refractivity contribution in [1.82, 2.24) is 5.32 Å². The summed E-state index contributed by atoms with van der Waals surface area (Å²) >= 11 is 0. The number of hydrogen-bond donors (Lipinski definition) is 1. The second-order valence-electron chi connectivity index (χ2n) is 6.34. The van der Waals surface area contributed by atoms with Gasteiger partial charge in [-0.1, -0.05) is 93.3 Å². The van der Waals surface area contributed by atoms with Gasteiger partial charge in [0.05, 0.1) is 0 Å². The van der Waals surface area contributed by atoms with Gasteiger partial charge in [-0.2, -0.15) is 0 Å². The first-order chi connectivity index (χ1) is 11.8. The van der Waals surface area contributed by atoms with Gasteiger partial charge >= 0.3 is 0 Å². The Labute approximate surface area is 146 Å². The Morgan fingerprint density at radius 1 is 0.833 bits per heavy atom. The highest BCUT2D eigenvalue weighted by Gasteiger charge is 2.17. The number of nitrogens with one attached hydrogen (secondary N) is 1. The van der Waals surface area contributed by atoms with E-state index in [4.69, 9.17) is 0 Å². The standard InChI is InChI=1S/C22H29NO/c1-2-3-4-5-12-17-23-22(24)18-21(19-13-8-6-9-14-19)20-15-10-7-11-16-20/h6-11,13-16,21H,2-5,12,17-18H2,1H3,(H,23,24). The SMILES string of the molecule is CCCCCCCNC(=O)CC(c1ccccc1)c1ccccc1. The molecule has 0 saturated carbocycles. The molecule has 0 bridgehead atoms. The number of carbonyl (C=O) groups excluding carboxylic acids is 1. The highest BCUT2D eigenvalue weighted by molar-refractivity contribution is 5.77. The van der Waals surface area contributed by atoms with Gasteiger partial charge in [-0.3, -0.25) is 4.79 Å². The average Bonchev–Trinajstić information content (AvgIpc) is 2.64. The van der Waals surface area contributed by atoms with Crippen LogP contribution in [-0.2, 0) is 4.79 Å². The third kappa shape index (κ3) is 6.19. The third-order valence-electron chi connectivity index (χ3n) is 4.40. The molecular formula is C22H29NO. The molecule has 2 heteroatoms. The summed E-state index contributed by atoms with van der Waals surface area (Å²) in [5.41, 5.74) is 2.39. The van der Waals surface area contributed by atoms with Gasteiger partial charge in [-0.25, -0.2) is 0 Å². The molecule has 2 rings (SSSR count). The first-order valence-electron chi connectivity index (χ1n) is 9.18. The number of carbonyl (C=O) groups is 1. The molecule has 0 aromatic heterocycles. The quantitative estimate of drug-likeness (QED) is 0.591. The fourth-order valence-corrected chi connectivity index (χ4v) is 3.01. The summed E-state index contributed by atoms with van der Waals surface area (Å²) in [6.45, 7) is 3.01. The Morgan fingerprint density at radius 2 is 1.38 bits per heavy atom. The van der Waals surface area contributed by atoms with E-state index in [2.05, 4.69) is 36.5 Å². The normalized spacial score (nSPS) is 10.8. The lowest BCUT2D eigenvalue weighted by Gasteiger charge is -2.18. The van der Waals surface area contributed by atoms with Crippen molar-refractivity contribution in [2.45, 2.75) is 51.4 Å². The van der Waals surface area contributed by atoms with E-state index in [0.29, 0.717) is 6.42 Å². The van der Waals surface area contributed by atoms with Gasteiger partial charge in [0, 0.05) is 18.9 Å². The third-order valence-corrected chi connectivity index (χ3v) is 4.40. The van der Waals surface area contributed by atoms with Gasteiger partial charge in [0.2, 0.25) is 5.91 Å². The van der Waals surface area contributed by atoms with Crippen LogP contribution in [0.25, 0.3) is 0 Å².